The summed E-state index contributed by atoms with van der Waals surface area (Å²) in [4.78, 5) is 26.5. The lowest BCUT2D eigenvalue weighted by atomic mass is 10.0. The highest BCUT2D eigenvalue weighted by Crippen LogP contribution is 2.33. The van der Waals surface area contributed by atoms with Gasteiger partial charge >= 0.3 is 6.09 Å². The van der Waals surface area contributed by atoms with Crippen molar-refractivity contribution in [2.24, 2.45) is 7.05 Å². The van der Waals surface area contributed by atoms with Crippen LogP contribution in [0.2, 0.25) is 5.02 Å². The van der Waals surface area contributed by atoms with Gasteiger partial charge in [-0.05, 0) is 55.3 Å². The second-order valence-electron chi connectivity index (χ2n) is 9.30. The number of ether oxygens (including phenoxy) is 1. The van der Waals surface area contributed by atoms with E-state index < -0.39 is 11.6 Å². The van der Waals surface area contributed by atoms with Gasteiger partial charge in [0, 0.05) is 23.0 Å². The molecule has 1 amide bonds. The number of hydrogen-bond donors (Lipinski definition) is 1. The summed E-state index contributed by atoms with van der Waals surface area (Å²) in [5.41, 5.74) is 0.535. The van der Waals surface area contributed by atoms with E-state index in [0.29, 0.717) is 27.2 Å². The topological polar surface area (TPSA) is 71.8 Å². The molecule has 176 valence electrons. The van der Waals surface area contributed by atoms with Gasteiger partial charge in [0.2, 0.25) is 0 Å². The van der Waals surface area contributed by atoms with E-state index in [1.54, 1.807) is 25.2 Å². The minimum atomic E-state index is -1.08. The first-order chi connectivity index (χ1) is 16.1. The van der Waals surface area contributed by atoms with Crippen molar-refractivity contribution in [3.63, 3.8) is 0 Å². The Bertz CT molecular complexity index is 1450. The Morgan fingerprint density at radius 1 is 1.03 bits per heavy atom. The normalized spacial score (nSPS) is 11.7. The van der Waals surface area contributed by atoms with Gasteiger partial charge in [-0.2, -0.15) is 0 Å². The van der Waals surface area contributed by atoms with Gasteiger partial charge in [-0.1, -0.05) is 54.1 Å². The van der Waals surface area contributed by atoms with Crippen LogP contribution in [0.1, 0.15) is 32.0 Å². The summed E-state index contributed by atoms with van der Waals surface area (Å²) in [6.07, 6.45) is -1.08. The molecular weight excluding hydrogens is 452 g/mol. The highest BCUT2D eigenvalue weighted by atomic mass is 35.5. The fourth-order valence-electron chi connectivity index (χ4n) is 4.15. The third kappa shape index (κ3) is 4.46. The molecule has 0 fully saturated rings. The lowest BCUT2D eigenvalue weighted by Crippen LogP contribution is -2.45. The fraction of sp³-hybridized carbons (Fsp3) is 0.259. The molecule has 6 nitrogen and oxygen atoms in total. The molecule has 0 spiro atoms. The van der Waals surface area contributed by atoms with Gasteiger partial charge in [0.1, 0.15) is 12.4 Å². The highest BCUT2D eigenvalue weighted by molar-refractivity contribution is 6.31. The van der Waals surface area contributed by atoms with E-state index in [2.05, 4.69) is 0 Å². The van der Waals surface area contributed by atoms with Crippen LogP contribution in [0, 0.1) is 0 Å². The Balaban J connectivity index is 1.88. The summed E-state index contributed by atoms with van der Waals surface area (Å²) in [6, 6.07) is 19.1. The Morgan fingerprint density at radius 2 is 1.74 bits per heavy atom. The molecular formula is C27H27ClN2O4. The maximum atomic E-state index is 13.2. The van der Waals surface area contributed by atoms with E-state index in [1.165, 1.54) is 9.47 Å². The van der Waals surface area contributed by atoms with E-state index in [-0.39, 0.29) is 18.7 Å². The molecule has 0 bridgehead atoms. The molecule has 0 unspecified atom stereocenters. The van der Waals surface area contributed by atoms with Crippen molar-refractivity contribution in [2.75, 3.05) is 0 Å². The van der Waals surface area contributed by atoms with E-state index >= 15 is 0 Å². The number of aromatic nitrogens is 1. The molecule has 7 heteroatoms. The number of nitrogens with zero attached hydrogens (tertiary/aromatic N) is 2. The van der Waals surface area contributed by atoms with Crippen LogP contribution < -0.4 is 10.3 Å². The van der Waals surface area contributed by atoms with Crippen molar-refractivity contribution in [3.05, 3.63) is 87.3 Å². The third-order valence-corrected chi connectivity index (χ3v) is 6.26. The van der Waals surface area contributed by atoms with E-state index in [4.69, 9.17) is 16.3 Å². The average Bonchev–Trinajstić information content (AvgIpc) is 2.78. The fourth-order valence-corrected chi connectivity index (χ4v) is 4.32. The summed E-state index contributed by atoms with van der Waals surface area (Å²) in [6.45, 7) is 5.67. The van der Waals surface area contributed by atoms with Gasteiger partial charge in [0.05, 0.1) is 17.6 Å². The van der Waals surface area contributed by atoms with Crippen LogP contribution >= 0.6 is 11.6 Å². The lowest BCUT2D eigenvalue weighted by Gasteiger charge is -2.34. The summed E-state index contributed by atoms with van der Waals surface area (Å²) < 4.78 is 7.86. The number of pyridine rings is 1. The van der Waals surface area contributed by atoms with Crippen molar-refractivity contribution >= 4 is 39.2 Å². The van der Waals surface area contributed by atoms with Gasteiger partial charge < -0.3 is 14.4 Å². The Kier molecular flexibility index (Phi) is 6.28. The zero-order chi connectivity index (χ0) is 24.6. The van der Waals surface area contributed by atoms with Crippen molar-refractivity contribution < 1.29 is 14.6 Å². The van der Waals surface area contributed by atoms with Gasteiger partial charge in [0.25, 0.3) is 5.56 Å². The first-order valence-corrected chi connectivity index (χ1v) is 11.4. The number of rotatable bonds is 5. The number of carbonyl (C=O) groups is 1. The number of halogens is 1. The summed E-state index contributed by atoms with van der Waals surface area (Å²) in [7, 11) is 1.64. The molecule has 4 rings (SSSR count). The van der Waals surface area contributed by atoms with Crippen molar-refractivity contribution in [1.29, 1.82) is 0 Å². The molecule has 4 aromatic rings. The monoisotopic (exact) mass is 478 g/mol. The zero-order valence-electron chi connectivity index (χ0n) is 19.6. The van der Waals surface area contributed by atoms with Gasteiger partial charge in [-0.15, -0.1) is 0 Å². The predicted octanol–water partition coefficient (Wildman–Crippen LogP) is 6.20. The SMILES string of the molecule is Cn1c(CN(C(=O)O)C(C)(C)C)c(OCc2cccc3ccccc23)c2cc(Cl)ccc2c1=O. The number of benzene rings is 3. The molecule has 0 saturated heterocycles. The largest absolute Gasteiger partial charge is 0.486 e. The molecule has 0 aliphatic carbocycles. The smallest absolute Gasteiger partial charge is 0.408 e. The predicted molar refractivity (Wildman–Crippen MR) is 136 cm³/mol. The maximum Gasteiger partial charge on any atom is 0.408 e. The Labute approximate surface area is 202 Å². The van der Waals surface area contributed by atoms with E-state index in [0.717, 1.165) is 16.3 Å². The van der Waals surface area contributed by atoms with Crippen LogP contribution in [0.25, 0.3) is 21.5 Å². The molecule has 1 heterocycles. The average molecular weight is 479 g/mol. The van der Waals surface area contributed by atoms with Gasteiger partial charge in [-0.3, -0.25) is 9.69 Å². The molecule has 0 radical (unpaired) electrons. The minimum Gasteiger partial charge on any atom is -0.486 e. The van der Waals surface area contributed by atoms with E-state index in [9.17, 15) is 14.7 Å². The van der Waals surface area contributed by atoms with Crippen LogP contribution in [0.4, 0.5) is 4.79 Å². The van der Waals surface area contributed by atoms with Crippen LogP contribution in [-0.2, 0) is 20.2 Å². The minimum absolute atomic E-state index is 0.0160. The Hall–Kier alpha value is -3.51. The molecule has 1 aromatic heterocycles. The zero-order valence-corrected chi connectivity index (χ0v) is 20.4. The van der Waals surface area contributed by atoms with Gasteiger partial charge in [-0.25, -0.2) is 4.79 Å². The molecule has 34 heavy (non-hydrogen) atoms. The van der Waals surface area contributed by atoms with Crippen LogP contribution in [-0.4, -0.2) is 26.2 Å². The Morgan fingerprint density at radius 3 is 2.44 bits per heavy atom. The van der Waals surface area contributed by atoms with Crippen molar-refractivity contribution in [2.45, 2.75) is 39.5 Å². The number of fused-ring (bicyclic) bond motifs is 2. The summed E-state index contributed by atoms with van der Waals surface area (Å²) in [5.74, 6) is 0.447. The third-order valence-electron chi connectivity index (χ3n) is 6.03. The first-order valence-electron chi connectivity index (χ1n) is 11.0. The molecule has 1 N–H and O–H groups in total. The molecule has 0 atom stereocenters. The molecule has 3 aromatic carbocycles. The molecule has 0 aliphatic rings. The van der Waals surface area contributed by atoms with Crippen LogP contribution in [0.3, 0.4) is 0 Å². The first kappa shape index (κ1) is 23.6. The van der Waals surface area contributed by atoms with Crippen molar-refractivity contribution in [3.8, 4) is 5.75 Å². The number of carboxylic acid groups (broad SMARTS) is 1. The summed E-state index contributed by atoms with van der Waals surface area (Å²) >= 11 is 6.29. The van der Waals surface area contributed by atoms with Crippen LogP contribution in [0.15, 0.2) is 65.5 Å². The van der Waals surface area contributed by atoms with Crippen LogP contribution in [0.5, 0.6) is 5.75 Å². The quantitative estimate of drug-likeness (QED) is 0.370. The molecule has 0 saturated carbocycles. The number of hydrogen-bond acceptors (Lipinski definition) is 3. The molecule has 0 aliphatic heterocycles. The van der Waals surface area contributed by atoms with Crippen molar-refractivity contribution in [1.82, 2.24) is 9.47 Å². The standard InChI is InChI=1S/C27H27ClN2O4/c1-27(2,3)30(26(32)33)15-23-24(22-14-19(28)12-13-21(22)25(31)29(23)4)34-16-18-10-7-9-17-8-5-6-11-20(17)18/h5-14H,15-16H2,1-4H3,(H,32,33). The number of amides is 1. The second kappa shape index (κ2) is 9.03. The van der Waals surface area contributed by atoms with E-state index in [1.807, 2.05) is 63.2 Å². The van der Waals surface area contributed by atoms with Gasteiger partial charge in [0.15, 0.2) is 0 Å². The second-order valence-corrected chi connectivity index (χ2v) is 9.73. The maximum absolute atomic E-state index is 13.2. The lowest BCUT2D eigenvalue weighted by molar-refractivity contribution is 0.0930. The summed E-state index contributed by atoms with van der Waals surface area (Å²) in [5, 5.41) is 13.5. The highest BCUT2D eigenvalue weighted by Gasteiger charge is 2.29.